The topological polar surface area (TPSA) is 83.3 Å². The minimum atomic E-state index is -0.432. The number of carbonyl (C=O) groups is 1. The third-order valence-electron chi connectivity index (χ3n) is 4.51. The van der Waals surface area contributed by atoms with Crippen molar-refractivity contribution in [1.29, 1.82) is 0 Å². The zero-order valence-corrected chi connectivity index (χ0v) is 15.6. The molecule has 0 spiro atoms. The maximum Gasteiger partial charge on any atom is 0.340 e. The maximum absolute atomic E-state index is 12.5. The Morgan fingerprint density at radius 3 is 2.71 bits per heavy atom. The number of hydrogen-bond donors (Lipinski definition) is 0. The number of benzene rings is 1. The summed E-state index contributed by atoms with van der Waals surface area (Å²) in [6, 6.07) is 15.0. The molecule has 3 aromatic heterocycles. The van der Waals surface area contributed by atoms with Gasteiger partial charge in [0, 0.05) is 17.0 Å². The smallest absolute Gasteiger partial charge is 0.340 e. The van der Waals surface area contributed by atoms with Crippen molar-refractivity contribution in [2.45, 2.75) is 27.0 Å². The van der Waals surface area contributed by atoms with E-state index in [9.17, 15) is 4.79 Å². The highest BCUT2D eigenvalue weighted by molar-refractivity contribution is 5.91. The van der Waals surface area contributed by atoms with Crippen LogP contribution in [-0.4, -0.2) is 20.7 Å². The van der Waals surface area contributed by atoms with Crippen molar-refractivity contribution in [3.05, 3.63) is 83.4 Å². The Balaban J connectivity index is 1.44. The Morgan fingerprint density at radius 1 is 1.14 bits per heavy atom. The van der Waals surface area contributed by atoms with Crippen LogP contribution >= 0.6 is 0 Å². The van der Waals surface area contributed by atoms with E-state index in [1.807, 2.05) is 66.9 Å². The van der Waals surface area contributed by atoms with E-state index in [2.05, 4.69) is 10.1 Å². The van der Waals surface area contributed by atoms with Gasteiger partial charge in [-0.1, -0.05) is 35.5 Å². The number of esters is 1. The number of aryl methyl sites for hydroxylation is 1. The van der Waals surface area contributed by atoms with Crippen LogP contribution in [0.15, 0.2) is 63.7 Å². The van der Waals surface area contributed by atoms with Gasteiger partial charge in [0.25, 0.3) is 5.89 Å². The third kappa shape index (κ3) is 3.59. The van der Waals surface area contributed by atoms with E-state index in [4.69, 9.17) is 13.7 Å². The number of hydrogen-bond acceptors (Lipinski definition) is 6. The summed E-state index contributed by atoms with van der Waals surface area (Å²) in [7, 11) is 0. The first-order chi connectivity index (χ1) is 13.6. The van der Waals surface area contributed by atoms with Crippen molar-refractivity contribution < 1.29 is 18.5 Å². The molecule has 28 heavy (non-hydrogen) atoms. The van der Waals surface area contributed by atoms with Crippen molar-refractivity contribution in [3.63, 3.8) is 0 Å². The van der Waals surface area contributed by atoms with Crippen LogP contribution in [0, 0.1) is 13.8 Å². The summed E-state index contributed by atoms with van der Waals surface area (Å²) < 4.78 is 18.0. The van der Waals surface area contributed by atoms with Gasteiger partial charge in [-0.3, -0.25) is 0 Å². The molecular formula is C21H19N3O4. The molecule has 4 rings (SSSR count). The number of carbonyl (C=O) groups excluding carboxylic acids is 1. The van der Waals surface area contributed by atoms with Crippen LogP contribution in [0.3, 0.4) is 0 Å². The van der Waals surface area contributed by atoms with Gasteiger partial charge in [0.15, 0.2) is 6.61 Å². The normalized spacial score (nSPS) is 10.9. The largest absolute Gasteiger partial charge is 0.467 e. The molecule has 7 heteroatoms. The van der Waals surface area contributed by atoms with Crippen LogP contribution < -0.4 is 0 Å². The monoisotopic (exact) mass is 377 g/mol. The summed E-state index contributed by atoms with van der Waals surface area (Å²) in [5.41, 5.74) is 3.11. The van der Waals surface area contributed by atoms with Gasteiger partial charge >= 0.3 is 5.97 Å². The molecule has 0 unspecified atom stereocenters. The first-order valence-corrected chi connectivity index (χ1v) is 8.86. The standard InChI is InChI=1S/C21H19N3O4/c1-14-11-18(15(2)24(14)12-17-9-6-10-26-17)21(25)27-13-19-22-20(23-28-19)16-7-4-3-5-8-16/h3-11H,12-13H2,1-2H3. The van der Waals surface area contributed by atoms with Gasteiger partial charge in [-0.2, -0.15) is 4.98 Å². The average molecular weight is 377 g/mol. The Kier molecular flexibility index (Phi) is 4.80. The first-order valence-electron chi connectivity index (χ1n) is 8.86. The van der Waals surface area contributed by atoms with Crippen LogP contribution in [0.25, 0.3) is 11.4 Å². The Bertz CT molecular complexity index is 1080. The Morgan fingerprint density at radius 2 is 1.96 bits per heavy atom. The van der Waals surface area contributed by atoms with Gasteiger partial charge in [-0.15, -0.1) is 0 Å². The molecule has 0 N–H and O–H groups in total. The Labute approximate surface area is 161 Å². The van der Waals surface area contributed by atoms with Gasteiger partial charge in [-0.25, -0.2) is 4.79 Å². The van der Waals surface area contributed by atoms with E-state index < -0.39 is 5.97 Å². The molecule has 0 aliphatic heterocycles. The zero-order valence-electron chi connectivity index (χ0n) is 15.6. The number of aromatic nitrogens is 3. The van der Waals surface area contributed by atoms with E-state index in [1.165, 1.54) is 0 Å². The molecule has 0 amide bonds. The molecule has 0 radical (unpaired) electrons. The van der Waals surface area contributed by atoms with Gasteiger partial charge in [-0.05, 0) is 32.0 Å². The van der Waals surface area contributed by atoms with E-state index in [-0.39, 0.29) is 12.5 Å². The Hall–Kier alpha value is -3.61. The first kappa shape index (κ1) is 17.8. The van der Waals surface area contributed by atoms with Crippen LogP contribution in [0.4, 0.5) is 0 Å². The molecule has 0 bridgehead atoms. The zero-order chi connectivity index (χ0) is 19.5. The fourth-order valence-electron chi connectivity index (χ4n) is 3.03. The molecule has 4 aromatic rings. The number of rotatable bonds is 6. The summed E-state index contributed by atoms with van der Waals surface area (Å²) in [5.74, 6) is 1.10. The number of ether oxygens (including phenoxy) is 1. The van der Waals surface area contributed by atoms with E-state index in [0.717, 1.165) is 22.7 Å². The van der Waals surface area contributed by atoms with Gasteiger partial charge in [0.05, 0.1) is 18.4 Å². The molecule has 0 saturated carbocycles. The summed E-state index contributed by atoms with van der Waals surface area (Å²) >= 11 is 0. The lowest BCUT2D eigenvalue weighted by molar-refractivity contribution is 0.0429. The lowest BCUT2D eigenvalue weighted by Gasteiger charge is -2.07. The van der Waals surface area contributed by atoms with Crippen molar-refractivity contribution in [3.8, 4) is 11.4 Å². The van der Waals surface area contributed by atoms with Gasteiger partial charge in [0.2, 0.25) is 5.82 Å². The number of nitrogens with zero attached hydrogens (tertiary/aromatic N) is 3. The molecular weight excluding hydrogens is 358 g/mol. The molecule has 0 aliphatic rings. The van der Waals surface area contributed by atoms with Gasteiger partial charge < -0.3 is 18.2 Å². The van der Waals surface area contributed by atoms with Crippen molar-refractivity contribution in [1.82, 2.24) is 14.7 Å². The quantitative estimate of drug-likeness (QED) is 0.469. The summed E-state index contributed by atoms with van der Waals surface area (Å²) in [6.45, 7) is 4.30. The van der Waals surface area contributed by atoms with Gasteiger partial charge in [0.1, 0.15) is 5.76 Å². The fourth-order valence-corrected chi connectivity index (χ4v) is 3.03. The molecule has 7 nitrogen and oxygen atoms in total. The summed E-state index contributed by atoms with van der Waals surface area (Å²) in [5, 5.41) is 3.92. The van der Waals surface area contributed by atoms with Crippen LogP contribution in [0.2, 0.25) is 0 Å². The second-order valence-electron chi connectivity index (χ2n) is 6.40. The molecule has 0 fully saturated rings. The minimum absolute atomic E-state index is 0.0828. The molecule has 0 saturated heterocycles. The van der Waals surface area contributed by atoms with Crippen LogP contribution in [-0.2, 0) is 17.9 Å². The second kappa shape index (κ2) is 7.56. The molecule has 0 atom stereocenters. The van der Waals surface area contributed by atoms with Crippen molar-refractivity contribution in [2.75, 3.05) is 0 Å². The average Bonchev–Trinajstić information content (AvgIpc) is 3.45. The summed E-state index contributed by atoms with van der Waals surface area (Å²) in [6.07, 6.45) is 1.63. The van der Waals surface area contributed by atoms with E-state index >= 15 is 0 Å². The highest BCUT2D eigenvalue weighted by Gasteiger charge is 2.19. The predicted octanol–water partition coefficient (Wildman–Crippen LogP) is 4.15. The molecule has 1 aromatic carbocycles. The van der Waals surface area contributed by atoms with Crippen molar-refractivity contribution in [2.24, 2.45) is 0 Å². The van der Waals surface area contributed by atoms with E-state index in [0.29, 0.717) is 17.9 Å². The van der Waals surface area contributed by atoms with Crippen molar-refractivity contribution >= 4 is 5.97 Å². The van der Waals surface area contributed by atoms with E-state index in [1.54, 1.807) is 6.26 Å². The molecule has 3 heterocycles. The summed E-state index contributed by atoms with van der Waals surface area (Å²) in [4.78, 5) is 16.8. The maximum atomic E-state index is 12.5. The van der Waals surface area contributed by atoms with Crippen LogP contribution in [0.5, 0.6) is 0 Å². The molecule has 0 aliphatic carbocycles. The minimum Gasteiger partial charge on any atom is -0.467 e. The lowest BCUT2D eigenvalue weighted by atomic mass is 10.2. The SMILES string of the molecule is Cc1cc(C(=O)OCc2nc(-c3ccccc3)no2)c(C)n1Cc1ccco1. The highest BCUT2D eigenvalue weighted by atomic mass is 16.6. The number of furan rings is 1. The highest BCUT2D eigenvalue weighted by Crippen LogP contribution is 2.19. The lowest BCUT2D eigenvalue weighted by Crippen LogP contribution is -2.08. The fraction of sp³-hybridized carbons (Fsp3) is 0.190. The predicted molar refractivity (Wildman–Crippen MR) is 101 cm³/mol. The molecule has 142 valence electrons. The third-order valence-corrected chi connectivity index (χ3v) is 4.51. The second-order valence-corrected chi connectivity index (χ2v) is 6.40. The van der Waals surface area contributed by atoms with Crippen LogP contribution in [0.1, 0.15) is 33.4 Å².